The SMILES string of the molecule is CCc1ccc2[nH]cc(C3=CCN(CCn4c5c(n[n+]4[O-])C(=O)c4ccccc4C5=O)CC3)c2c1. The number of hydrogen-bond donors (Lipinski definition) is 1. The summed E-state index contributed by atoms with van der Waals surface area (Å²) in [7, 11) is 0. The molecule has 2 aromatic carbocycles. The van der Waals surface area contributed by atoms with Gasteiger partial charge in [0.15, 0.2) is 5.69 Å². The van der Waals surface area contributed by atoms with Gasteiger partial charge in [0.25, 0.3) is 0 Å². The summed E-state index contributed by atoms with van der Waals surface area (Å²) >= 11 is 0. The predicted octanol–water partition coefficient (Wildman–Crippen LogP) is 3.12. The minimum absolute atomic E-state index is 0.0599. The van der Waals surface area contributed by atoms with E-state index in [4.69, 9.17) is 0 Å². The van der Waals surface area contributed by atoms with Crippen LogP contribution in [-0.2, 0) is 13.0 Å². The second-order valence-electron chi connectivity index (χ2n) is 9.09. The molecule has 8 heteroatoms. The number of fused-ring (bicyclic) bond motifs is 3. The molecule has 0 bridgehead atoms. The summed E-state index contributed by atoms with van der Waals surface area (Å²) in [5.41, 5.74) is 5.68. The van der Waals surface area contributed by atoms with Crippen LogP contribution in [-0.4, -0.2) is 50.9 Å². The zero-order valence-electron chi connectivity index (χ0n) is 19.5. The Morgan fingerprint density at radius 3 is 2.60 bits per heavy atom. The van der Waals surface area contributed by atoms with Crippen molar-refractivity contribution in [2.75, 3.05) is 19.6 Å². The summed E-state index contributed by atoms with van der Waals surface area (Å²) in [6.45, 7) is 4.61. The molecule has 0 amide bonds. The first-order valence-electron chi connectivity index (χ1n) is 12.0. The number of rotatable bonds is 5. The highest BCUT2D eigenvalue weighted by molar-refractivity contribution is 6.26. The fraction of sp³-hybridized carbons (Fsp3) is 0.259. The lowest BCUT2D eigenvalue weighted by molar-refractivity contribution is -0.749. The average molecular weight is 468 g/mol. The monoisotopic (exact) mass is 467 g/mol. The first-order chi connectivity index (χ1) is 17.0. The summed E-state index contributed by atoms with van der Waals surface area (Å²) in [5, 5.41) is 17.6. The third-order valence-corrected chi connectivity index (χ3v) is 7.14. The Morgan fingerprint density at radius 2 is 1.86 bits per heavy atom. The van der Waals surface area contributed by atoms with E-state index in [2.05, 4.69) is 52.4 Å². The van der Waals surface area contributed by atoms with Gasteiger partial charge in [-0.05, 0) is 36.1 Å². The Labute approximate surface area is 202 Å². The molecule has 0 spiro atoms. The second kappa shape index (κ2) is 8.32. The van der Waals surface area contributed by atoms with Crippen LogP contribution < -0.4 is 4.96 Å². The van der Waals surface area contributed by atoms with Crippen LogP contribution in [0.4, 0.5) is 0 Å². The van der Waals surface area contributed by atoms with E-state index in [9.17, 15) is 14.8 Å². The third kappa shape index (κ3) is 3.49. The minimum Gasteiger partial charge on any atom is -0.571 e. The molecule has 3 heterocycles. The Morgan fingerprint density at radius 1 is 1.06 bits per heavy atom. The average Bonchev–Trinajstić information content (AvgIpc) is 3.47. The van der Waals surface area contributed by atoms with Gasteiger partial charge in [-0.1, -0.05) is 43.3 Å². The number of aromatic nitrogens is 4. The highest BCUT2D eigenvalue weighted by atomic mass is 16.5. The number of nitrogens with one attached hydrogen (secondary N) is 1. The van der Waals surface area contributed by atoms with Crippen molar-refractivity contribution < 1.29 is 14.5 Å². The van der Waals surface area contributed by atoms with Crippen molar-refractivity contribution >= 4 is 28.0 Å². The maximum atomic E-state index is 13.1. The van der Waals surface area contributed by atoms with Crippen LogP contribution in [0.2, 0.25) is 0 Å². The van der Waals surface area contributed by atoms with Crippen molar-refractivity contribution in [1.82, 2.24) is 19.7 Å². The molecule has 1 aliphatic carbocycles. The number of hydrogen-bond acceptors (Lipinski definition) is 5. The van der Waals surface area contributed by atoms with Crippen molar-refractivity contribution in [1.29, 1.82) is 0 Å². The number of carbonyl (C=O) groups is 2. The van der Waals surface area contributed by atoms with Crippen molar-refractivity contribution in [3.8, 4) is 0 Å². The highest BCUT2D eigenvalue weighted by Crippen LogP contribution is 2.30. The van der Waals surface area contributed by atoms with Crippen LogP contribution in [0.25, 0.3) is 16.5 Å². The number of aryl methyl sites for hydroxylation is 1. The topological polar surface area (TPSA) is 97.9 Å². The number of nitrogens with zero attached hydrogens (tertiary/aromatic N) is 4. The second-order valence-corrected chi connectivity index (χ2v) is 9.09. The largest absolute Gasteiger partial charge is 0.571 e. The molecule has 0 saturated carbocycles. The van der Waals surface area contributed by atoms with Crippen molar-refractivity contribution in [3.63, 3.8) is 0 Å². The predicted molar refractivity (Wildman–Crippen MR) is 131 cm³/mol. The fourth-order valence-electron chi connectivity index (χ4n) is 5.15. The summed E-state index contributed by atoms with van der Waals surface area (Å²) in [4.78, 5) is 31.9. The molecule has 0 saturated heterocycles. The molecule has 0 atom stereocenters. The van der Waals surface area contributed by atoms with Gasteiger partial charge in [-0.15, -0.1) is 4.68 Å². The van der Waals surface area contributed by atoms with Crippen LogP contribution in [0.5, 0.6) is 0 Å². The molecule has 0 unspecified atom stereocenters. The van der Waals surface area contributed by atoms with Crippen LogP contribution >= 0.6 is 0 Å². The highest BCUT2D eigenvalue weighted by Gasteiger charge is 2.39. The minimum atomic E-state index is -0.381. The van der Waals surface area contributed by atoms with Crippen LogP contribution in [0.1, 0.15) is 56.6 Å². The van der Waals surface area contributed by atoms with Crippen LogP contribution in [0.15, 0.2) is 54.7 Å². The lowest BCUT2D eigenvalue weighted by atomic mass is 9.90. The molecule has 4 aromatic rings. The maximum Gasteiger partial charge on any atom is 0.220 e. The third-order valence-electron chi connectivity index (χ3n) is 7.14. The van der Waals surface area contributed by atoms with E-state index in [1.165, 1.54) is 26.8 Å². The van der Waals surface area contributed by atoms with E-state index >= 15 is 0 Å². The van der Waals surface area contributed by atoms with Crippen LogP contribution in [0, 0.1) is 5.21 Å². The van der Waals surface area contributed by atoms with Crippen LogP contribution in [0.3, 0.4) is 0 Å². The zero-order valence-corrected chi connectivity index (χ0v) is 19.5. The smallest absolute Gasteiger partial charge is 0.220 e. The molecule has 1 N–H and O–H groups in total. The number of benzene rings is 2. The van der Waals surface area contributed by atoms with Gasteiger partial charge in [-0.25, -0.2) is 0 Å². The number of ketones is 2. The fourth-order valence-corrected chi connectivity index (χ4v) is 5.15. The molecule has 6 rings (SSSR count). The van der Waals surface area contributed by atoms with Crippen molar-refractivity contribution in [2.24, 2.45) is 0 Å². The maximum absolute atomic E-state index is 13.1. The van der Waals surface area contributed by atoms with E-state index in [0.717, 1.165) is 31.4 Å². The lowest BCUT2D eigenvalue weighted by Gasteiger charge is -2.26. The van der Waals surface area contributed by atoms with E-state index in [0.29, 0.717) is 22.6 Å². The van der Waals surface area contributed by atoms with Gasteiger partial charge in [0.2, 0.25) is 17.3 Å². The van der Waals surface area contributed by atoms with Gasteiger partial charge in [-0.3, -0.25) is 14.5 Å². The zero-order chi connectivity index (χ0) is 24.1. The molecule has 176 valence electrons. The molecular formula is C27H25N5O3. The molecule has 0 fully saturated rings. The quantitative estimate of drug-likeness (QED) is 0.316. The van der Waals surface area contributed by atoms with E-state index in [-0.39, 0.29) is 29.5 Å². The van der Waals surface area contributed by atoms with Crippen molar-refractivity contribution in [2.45, 2.75) is 26.3 Å². The van der Waals surface area contributed by atoms with Gasteiger partial charge in [-0.2, -0.15) is 0 Å². The Kier molecular flexibility index (Phi) is 5.11. The standard InChI is InChI=1S/C27H25N5O3/c1-2-17-7-8-23-21(15-17)22(16-28-23)18-9-11-30(12-10-18)13-14-31-25-24(29-32(31)35)26(33)19-5-3-4-6-20(19)27(25)34/h3-9,15-16,28H,2,10-14H2,1H3. The molecule has 8 nitrogen and oxygen atoms in total. The Hall–Kier alpha value is -4.04. The Bertz CT molecular complexity index is 1530. The molecular weight excluding hydrogens is 442 g/mol. The van der Waals surface area contributed by atoms with Gasteiger partial charge in [0.1, 0.15) is 0 Å². The molecule has 35 heavy (non-hydrogen) atoms. The molecule has 2 aromatic heterocycles. The first kappa shape index (κ1) is 21.5. The summed E-state index contributed by atoms with van der Waals surface area (Å²) in [6.07, 6.45) is 6.23. The number of carbonyl (C=O) groups excluding carboxylic acids is 2. The van der Waals surface area contributed by atoms with Gasteiger partial charge in [0, 0.05) is 63.5 Å². The Balaban J connectivity index is 1.20. The summed E-state index contributed by atoms with van der Waals surface area (Å²) < 4.78 is 1.29. The van der Waals surface area contributed by atoms with Gasteiger partial charge >= 0.3 is 0 Å². The van der Waals surface area contributed by atoms with Crippen molar-refractivity contribution in [3.05, 3.63) is 93.6 Å². The molecule has 0 radical (unpaired) electrons. The van der Waals surface area contributed by atoms with E-state index < -0.39 is 0 Å². The van der Waals surface area contributed by atoms with Gasteiger partial charge in [0.05, 0.1) is 6.54 Å². The summed E-state index contributed by atoms with van der Waals surface area (Å²) in [5.74, 6) is -0.710. The van der Waals surface area contributed by atoms with E-state index in [1.807, 2.05) is 0 Å². The first-order valence-corrected chi connectivity index (χ1v) is 12.0. The molecule has 1 aliphatic heterocycles. The van der Waals surface area contributed by atoms with E-state index in [1.54, 1.807) is 24.3 Å². The van der Waals surface area contributed by atoms with Gasteiger partial charge < -0.3 is 10.2 Å². The summed E-state index contributed by atoms with van der Waals surface area (Å²) in [6, 6.07) is 13.2. The number of H-pyrrole nitrogens is 1. The number of aromatic amines is 1. The normalized spacial score (nSPS) is 15.9. The molecule has 2 aliphatic rings. The lowest BCUT2D eigenvalue weighted by Crippen LogP contribution is -2.44.